The van der Waals surface area contributed by atoms with Crippen molar-refractivity contribution in [2.45, 2.75) is 32.4 Å². The molecule has 5 aromatic rings. The van der Waals surface area contributed by atoms with Crippen molar-refractivity contribution in [1.82, 2.24) is 4.98 Å². The largest absolute Gasteiger partial charge is 0.493 e. The van der Waals surface area contributed by atoms with E-state index in [1.165, 1.54) is 0 Å². The third kappa shape index (κ3) is 7.36. The number of anilines is 1. The molecule has 8 heteroatoms. The first-order valence-corrected chi connectivity index (χ1v) is 14.1. The minimum absolute atomic E-state index is 0.200. The number of aliphatic carboxylic acids is 1. The molecule has 43 heavy (non-hydrogen) atoms. The Hall–Kier alpha value is -5.21. The quantitative estimate of drug-likeness (QED) is 0.144. The maximum atomic E-state index is 13.2. The highest BCUT2D eigenvalue weighted by Gasteiger charge is 2.21. The maximum absolute atomic E-state index is 13.2. The fourth-order valence-electron chi connectivity index (χ4n) is 4.73. The van der Waals surface area contributed by atoms with Gasteiger partial charge in [0, 0.05) is 41.8 Å². The van der Waals surface area contributed by atoms with Gasteiger partial charge in [0.2, 0.25) is 5.89 Å². The molecule has 4 N–H and O–H groups in total. The number of aryl methyl sites for hydroxylation is 1. The SMILES string of the molecule is Cc1oc(-c2ccccc2)nc1CCOc1ccc(CC(Nc2ccccc2C(=O)c2ccc(CN)cc2)C(=O)O)cc1. The van der Waals surface area contributed by atoms with Crippen LogP contribution in [0.4, 0.5) is 5.69 Å². The lowest BCUT2D eigenvalue weighted by Crippen LogP contribution is -2.32. The number of hydrogen-bond acceptors (Lipinski definition) is 7. The number of carbonyl (C=O) groups excluding carboxylic acids is 1. The van der Waals surface area contributed by atoms with Gasteiger partial charge in [-0.25, -0.2) is 9.78 Å². The number of para-hydroxylation sites is 1. The van der Waals surface area contributed by atoms with Gasteiger partial charge in [0.15, 0.2) is 5.78 Å². The van der Waals surface area contributed by atoms with Gasteiger partial charge in [-0.1, -0.05) is 66.7 Å². The summed E-state index contributed by atoms with van der Waals surface area (Å²) in [4.78, 5) is 30.0. The van der Waals surface area contributed by atoms with E-state index in [9.17, 15) is 14.7 Å². The monoisotopic (exact) mass is 575 g/mol. The van der Waals surface area contributed by atoms with Crippen LogP contribution in [-0.2, 0) is 24.2 Å². The van der Waals surface area contributed by atoms with Gasteiger partial charge in [-0.2, -0.15) is 0 Å². The molecule has 1 unspecified atom stereocenters. The molecule has 0 radical (unpaired) electrons. The Morgan fingerprint density at radius 3 is 2.28 bits per heavy atom. The van der Waals surface area contributed by atoms with Gasteiger partial charge >= 0.3 is 5.97 Å². The van der Waals surface area contributed by atoms with Crippen LogP contribution < -0.4 is 15.8 Å². The number of carbonyl (C=O) groups is 2. The topological polar surface area (TPSA) is 128 Å². The number of carboxylic acids is 1. The van der Waals surface area contributed by atoms with Crippen LogP contribution in [0.25, 0.3) is 11.5 Å². The Kier molecular flexibility index (Phi) is 9.29. The number of benzene rings is 4. The third-order valence-corrected chi connectivity index (χ3v) is 7.14. The number of rotatable bonds is 13. The lowest BCUT2D eigenvalue weighted by molar-refractivity contribution is -0.137. The van der Waals surface area contributed by atoms with Crippen molar-refractivity contribution in [3.8, 4) is 17.2 Å². The highest BCUT2D eigenvalue weighted by Crippen LogP contribution is 2.24. The third-order valence-electron chi connectivity index (χ3n) is 7.14. The highest BCUT2D eigenvalue weighted by atomic mass is 16.5. The van der Waals surface area contributed by atoms with Crippen LogP contribution in [0.3, 0.4) is 0 Å². The number of oxazole rings is 1. The number of ketones is 1. The van der Waals surface area contributed by atoms with Gasteiger partial charge in [-0.3, -0.25) is 4.79 Å². The smallest absolute Gasteiger partial charge is 0.326 e. The van der Waals surface area contributed by atoms with E-state index in [4.69, 9.17) is 14.9 Å². The lowest BCUT2D eigenvalue weighted by atomic mass is 9.99. The van der Waals surface area contributed by atoms with E-state index in [2.05, 4.69) is 10.3 Å². The molecular weight excluding hydrogens is 542 g/mol. The van der Waals surface area contributed by atoms with Crippen LogP contribution in [0.5, 0.6) is 5.75 Å². The second kappa shape index (κ2) is 13.6. The average Bonchev–Trinajstić information content (AvgIpc) is 3.42. The molecule has 0 saturated carbocycles. The molecule has 218 valence electrons. The maximum Gasteiger partial charge on any atom is 0.326 e. The van der Waals surface area contributed by atoms with Crippen molar-refractivity contribution in [2.75, 3.05) is 11.9 Å². The van der Waals surface area contributed by atoms with E-state index in [-0.39, 0.29) is 12.2 Å². The summed E-state index contributed by atoms with van der Waals surface area (Å²) in [5, 5.41) is 13.0. The molecule has 0 saturated heterocycles. The Labute approximate surface area is 250 Å². The van der Waals surface area contributed by atoms with Crippen molar-refractivity contribution in [1.29, 1.82) is 0 Å². The van der Waals surface area contributed by atoms with Gasteiger partial charge in [0.1, 0.15) is 17.6 Å². The van der Waals surface area contributed by atoms with E-state index in [0.717, 1.165) is 28.1 Å². The number of hydrogen-bond donors (Lipinski definition) is 3. The summed E-state index contributed by atoms with van der Waals surface area (Å²) >= 11 is 0. The number of nitrogens with two attached hydrogens (primary N) is 1. The molecule has 1 aromatic heterocycles. The predicted molar refractivity (Wildman–Crippen MR) is 165 cm³/mol. The Balaban J connectivity index is 1.19. The molecule has 0 fully saturated rings. The first-order valence-electron chi connectivity index (χ1n) is 14.1. The summed E-state index contributed by atoms with van der Waals surface area (Å²) in [7, 11) is 0. The van der Waals surface area contributed by atoms with Gasteiger partial charge < -0.3 is 25.3 Å². The van der Waals surface area contributed by atoms with Crippen LogP contribution in [-0.4, -0.2) is 34.5 Å². The average molecular weight is 576 g/mol. The van der Waals surface area contributed by atoms with Crippen molar-refractivity contribution < 1.29 is 23.8 Å². The van der Waals surface area contributed by atoms with Gasteiger partial charge in [-0.15, -0.1) is 0 Å². The molecule has 8 nitrogen and oxygen atoms in total. The second-order valence-corrected chi connectivity index (χ2v) is 10.1. The zero-order chi connectivity index (χ0) is 30.2. The molecule has 0 spiro atoms. The fourth-order valence-corrected chi connectivity index (χ4v) is 4.73. The molecule has 0 amide bonds. The summed E-state index contributed by atoms with van der Waals surface area (Å²) in [6, 6.07) is 30.2. The first-order chi connectivity index (χ1) is 20.9. The van der Waals surface area contributed by atoms with Crippen LogP contribution in [0, 0.1) is 6.92 Å². The molecule has 1 heterocycles. The lowest BCUT2D eigenvalue weighted by Gasteiger charge is -2.18. The highest BCUT2D eigenvalue weighted by molar-refractivity contribution is 6.12. The number of ether oxygens (including phenoxy) is 1. The molecule has 0 aliphatic carbocycles. The fraction of sp³-hybridized carbons (Fsp3) is 0.171. The van der Waals surface area contributed by atoms with Crippen LogP contribution in [0.15, 0.2) is 108 Å². The molecule has 4 aromatic carbocycles. The predicted octanol–water partition coefficient (Wildman–Crippen LogP) is 6.07. The summed E-state index contributed by atoms with van der Waals surface area (Å²) < 4.78 is 11.7. The number of aromatic nitrogens is 1. The van der Waals surface area contributed by atoms with E-state index >= 15 is 0 Å². The Morgan fingerprint density at radius 1 is 0.907 bits per heavy atom. The summed E-state index contributed by atoms with van der Waals surface area (Å²) in [6.07, 6.45) is 0.800. The summed E-state index contributed by atoms with van der Waals surface area (Å²) in [6.45, 7) is 2.70. The van der Waals surface area contributed by atoms with Gasteiger partial charge in [0.25, 0.3) is 0 Å². The molecule has 5 rings (SSSR count). The van der Waals surface area contributed by atoms with Crippen molar-refractivity contribution in [3.63, 3.8) is 0 Å². The Bertz CT molecular complexity index is 1680. The first kappa shape index (κ1) is 29.3. The van der Waals surface area contributed by atoms with E-state index < -0.39 is 12.0 Å². The standard InChI is InChI=1S/C35H33N3O5/c1-23-30(38-34(43-23)27-7-3-2-4-8-27)19-20-42-28-17-13-24(14-18-28)21-32(35(40)41)37-31-10-6-5-9-29(31)33(39)26-15-11-25(22-36)12-16-26/h2-18,32,37H,19-22,36H2,1H3,(H,40,41). The van der Waals surface area contributed by atoms with E-state index in [1.807, 2.05) is 73.7 Å². The molecule has 1 atom stereocenters. The van der Waals surface area contributed by atoms with Crippen molar-refractivity contribution in [2.24, 2.45) is 5.73 Å². The second-order valence-electron chi connectivity index (χ2n) is 10.1. The van der Waals surface area contributed by atoms with Crippen molar-refractivity contribution >= 4 is 17.4 Å². The molecule has 0 aliphatic rings. The van der Waals surface area contributed by atoms with Crippen molar-refractivity contribution in [3.05, 3.63) is 137 Å². The molecule has 0 bridgehead atoms. The number of nitrogens with zero attached hydrogens (tertiary/aromatic N) is 1. The number of nitrogens with one attached hydrogen (secondary N) is 1. The van der Waals surface area contributed by atoms with Gasteiger partial charge in [-0.05, 0) is 54.4 Å². The Morgan fingerprint density at radius 2 is 1.58 bits per heavy atom. The minimum Gasteiger partial charge on any atom is -0.493 e. The molecule has 0 aliphatic heterocycles. The summed E-state index contributed by atoms with van der Waals surface area (Å²) in [5.41, 5.74) is 10.5. The summed E-state index contributed by atoms with van der Waals surface area (Å²) in [5.74, 6) is 0.803. The zero-order valence-electron chi connectivity index (χ0n) is 23.8. The molecular formula is C35H33N3O5. The number of carboxylic acid groups (broad SMARTS) is 1. The van der Waals surface area contributed by atoms with E-state index in [0.29, 0.717) is 48.0 Å². The normalized spacial score (nSPS) is 11.6. The zero-order valence-corrected chi connectivity index (χ0v) is 23.8. The minimum atomic E-state index is -1.02. The van der Waals surface area contributed by atoms with Gasteiger partial charge in [0.05, 0.1) is 12.3 Å². The van der Waals surface area contributed by atoms with Crippen LogP contribution in [0.2, 0.25) is 0 Å². The van der Waals surface area contributed by atoms with Crippen LogP contribution >= 0.6 is 0 Å². The van der Waals surface area contributed by atoms with E-state index in [1.54, 1.807) is 36.4 Å². The van der Waals surface area contributed by atoms with Crippen LogP contribution in [0.1, 0.15) is 38.5 Å².